The summed E-state index contributed by atoms with van der Waals surface area (Å²) in [6.45, 7) is 5.73. The summed E-state index contributed by atoms with van der Waals surface area (Å²) in [6.07, 6.45) is 1.91. The number of ether oxygens (including phenoxy) is 1. The molecule has 4 nitrogen and oxygen atoms in total. The average molecular weight is 283 g/mol. The van der Waals surface area contributed by atoms with E-state index in [0.29, 0.717) is 6.04 Å². The number of rotatable bonds is 2. The molecular formula is C17H21N3O. The number of hydrogen-bond donors (Lipinski definition) is 1. The Bertz CT molecular complexity index is 672. The van der Waals surface area contributed by atoms with Crippen LogP contribution in [0, 0.1) is 11.8 Å². The first-order valence-electron chi connectivity index (χ1n) is 7.68. The van der Waals surface area contributed by atoms with Crippen molar-refractivity contribution in [2.24, 2.45) is 11.8 Å². The quantitative estimate of drug-likeness (QED) is 0.917. The highest BCUT2D eigenvalue weighted by atomic mass is 16.5. The fourth-order valence-electron chi connectivity index (χ4n) is 3.94. The van der Waals surface area contributed by atoms with E-state index in [0.717, 1.165) is 43.0 Å². The van der Waals surface area contributed by atoms with Gasteiger partial charge in [-0.2, -0.15) is 0 Å². The molecule has 0 radical (unpaired) electrons. The number of anilines is 1. The highest BCUT2D eigenvalue weighted by molar-refractivity contribution is 5.93. The largest absolute Gasteiger partial charge is 0.497 e. The van der Waals surface area contributed by atoms with Crippen molar-refractivity contribution in [3.8, 4) is 5.75 Å². The van der Waals surface area contributed by atoms with E-state index in [1.54, 1.807) is 7.11 Å². The molecule has 0 amide bonds. The van der Waals surface area contributed by atoms with Crippen LogP contribution in [0.25, 0.3) is 10.8 Å². The summed E-state index contributed by atoms with van der Waals surface area (Å²) in [5.74, 6) is 3.53. The molecule has 3 unspecified atom stereocenters. The molecule has 3 heterocycles. The summed E-state index contributed by atoms with van der Waals surface area (Å²) in [5.41, 5.74) is 0. The predicted octanol–water partition coefficient (Wildman–Crippen LogP) is 2.29. The van der Waals surface area contributed by atoms with Crippen LogP contribution in [0.2, 0.25) is 0 Å². The molecule has 4 rings (SSSR count). The van der Waals surface area contributed by atoms with Crippen LogP contribution in [0.3, 0.4) is 0 Å². The Balaban J connectivity index is 1.77. The molecule has 0 bridgehead atoms. The Hall–Kier alpha value is -1.81. The second-order valence-corrected chi connectivity index (χ2v) is 6.20. The zero-order chi connectivity index (χ0) is 14.4. The van der Waals surface area contributed by atoms with Crippen LogP contribution in [0.5, 0.6) is 5.75 Å². The number of methoxy groups -OCH3 is 1. The first-order chi connectivity index (χ1) is 10.3. The van der Waals surface area contributed by atoms with Crippen molar-refractivity contribution >= 4 is 16.6 Å². The van der Waals surface area contributed by atoms with Gasteiger partial charge in [0.05, 0.1) is 7.11 Å². The summed E-state index contributed by atoms with van der Waals surface area (Å²) >= 11 is 0. The monoisotopic (exact) mass is 283 g/mol. The summed E-state index contributed by atoms with van der Waals surface area (Å²) in [4.78, 5) is 7.18. The molecule has 110 valence electrons. The molecule has 2 aliphatic rings. The van der Waals surface area contributed by atoms with Crippen molar-refractivity contribution in [3.05, 3.63) is 30.5 Å². The number of fused-ring (bicyclic) bond motifs is 2. The van der Waals surface area contributed by atoms with E-state index in [9.17, 15) is 0 Å². The normalized spacial score (nSPS) is 28.1. The van der Waals surface area contributed by atoms with Gasteiger partial charge in [0.15, 0.2) is 0 Å². The van der Waals surface area contributed by atoms with Crippen LogP contribution in [0.4, 0.5) is 5.82 Å². The lowest BCUT2D eigenvalue weighted by atomic mass is 9.95. The van der Waals surface area contributed by atoms with Crippen LogP contribution >= 0.6 is 0 Å². The van der Waals surface area contributed by atoms with Gasteiger partial charge in [0.25, 0.3) is 0 Å². The standard InChI is InChI=1S/C17H21N3O/c1-11-16-9-18-8-13(16)10-20(11)17-15-4-3-14(21-2)7-12(15)5-6-19-17/h3-7,11,13,16,18H,8-10H2,1-2H3. The van der Waals surface area contributed by atoms with Gasteiger partial charge in [-0.25, -0.2) is 4.98 Å². The maximum absolute atomic E-state index is 5.33. The van der Waals surface area contributed by atoms with Gasteiger partial charge in [0.2, 0.25) is 0 Å². The van der Waals surface area contributed by atoms with E-state index in [2.05, 4.69) is 40.3 Å². The Morgan fingerprint density at radius 2 is 2.19 bits per heavy atom. The van der Waals surface area contributed by atoms with Gasteiger partial charge in [0.1, 0.15) is 11.6 Å². The number of pyridine rings is 1. The topological polar surface area (TPSA) is 37.4 Å². The van der Waals surface area contributed by atoms with E-state index in [1.165, 1.54) is 10.8 Å². The SMILES string of the molecule is COc1ccc2c(N3CC4CNCC4C3C)nccc2c1. The molecule has 0 aliphatic carbocycles. The van der Waals surface area contributed by atoms with Crippen LogP contribution in [0.15, 0.2) is 30.5 Å². The molecule has 21 heavy (non-hydrogen) atoms. The van der Waals surface area contributed by atoms with E-state index in [-0.39, 0.29) is 0 Å². The molecule has 2 saturated heterocycles. The second kappa shape index (κ2) is 4.88. The van der Waals surface area contributed by atoms with Gasteiger partial charge < -0.3 is 15.0 Å². The lowest BCUT2D eigenvalue weighted by Crippen LogP contribution is -2.33. The number of hydrogen-bond acceptors (Lipinski definition) is 4. The van der Waals surface area contributed by atoms with Crippen molar-refractivity contribution in [1.82, 2.24) is 10.3 Å². The molecule has 2 fully saturated rings. The first-order valence-corrected chi connectivity index (χ1v) is 7.68. The number of benzene rings is 1. The van der Waals surface area contributed by atoms with Gasteiger partial charge in [-0.15, -0.1) is 0 Å². The third-order valence-corrected chi connectivity index (χ3v) is 5.16. The molecule has 2 aliphatic heterocycles. The van der Waals surface area contributed by atoms with Gasteiger partial charge in [-0.05, 0) is 48.4 Å². The maximum atomic E-state index is 5.33. The molecule has 3 atom stereocenters. The number of aromatic nitrogens is 1. The van der Waals surface area contributed by atoms with E-state index >= 15 is 0 Å². The van der Waals surface area contributed by atoms with E-state index in [1.807, 2.05) is 12.3 Å². The summed E-state index contributed by atoms with van der Waals surface area (Å²) in [7, 11) is 1.71. The Labute approximate surface area is 125 Å². The minimum atomic E-state index is 0.546. The van der Waals surface area contributed by atoms with Crippen molar-refractivity contribution in [3.63, 3.8) is 0 Å². The van der Waals surface area contributed by atoms with Crippen LogP contribution in [-0.4, -0.2) is 37.8 Å². The molecule has 1 aromatic carbocycles. The van der Waals surface area contributed by atoms with Gasteiger partial charge >= 0.3 is 0 Å². The summed E-state index contributed by atoms with van der Waals surface area (Å²) in [6, 6.07) is 8.85. The summed E-state index contributed by atoms with van der Waals surface area (Å²) in [5, 5.41) is 5.93. The zero-order valence-electron chi connectivity index (χ0n) is 12.5. The molecule has 4 heteroatoms. The minimum Gasteiger partial charge on any atom is -0.497 e. The van der Waals surface area contributed by atoms with Gasteiger partial charge in [-0.1, -0.05) is 0 Å². The van der Waals surface area contributed by atoms with Crippen LogP contribution in [-0.2, 0) is 0 Å². The Kier molecular flexibility index (Phi) is 3.00. The van der Waals surface area contributed by atoms with Crippen molar-refractivity contribution in [2.45, 2.75) is 13.0 Å². The van der Waals surface area contributed by atoms with Crippen molar-refractivity contribution in [2.75, 3.05) is 31.6 Å². The minimum absolute atomic E-state index is 0.546. The second-order valence-electron chi connectivity index (χ2n) is 6.20. The third-order valence-electron chi connectivity index (χ3n) is 5.16. The average Bonchev–Trinajstić information content (AvgIpc) is 3.09. The lowest BCUT2D eigenvalue weighted by molar-refractivity contribution is 0.415. The zero-order valence-corrected chi connectivity index (χ0v) is 12.5. The fraction of sp³-hybridized carbons (Fsp3) is 0.471. The van der Waals surface area contributed by atoms with Gasteiger partial charge in [0, 0.05) is 37.3 Å². The Morgan fingerprint density at radius 3 is 3.00 bits per heavy atom. The fourth-order valence-corrected chi connectivity index (χ4v) is 3.94. The van der Waals surface area contributed by atoms with Crippen LogP contribution < -0.4 is 15.0 Å². The lowest BCUT2D eigenvalue weighted by Gasteiger charge is -2.26. The highest BCUT2D eigenvalue weighted by Crippen LogP contribution is 2.38. The van der Waals surface area contributed by atoms with Gasteiger partial charge in [-0.3, -0.25) is 0 Å². The molecule has 0 saturated carbocycles. The smallest absolute Gasteiger partial charge is 0.136 e. The highest BCUT2D eigenvalue weighted by Gasteiger charge is 2.42. The van der Waals surface area contributed by atoms with Crippen molar-refractivity contribution in [1.29, 1.82) is 0 Å². The molecule has 2 aromatic rings. The van der Waals surface area contributed by atoms with E-state index < -0.39 is 0 Å². The first kappa shape index (κ1) is 12.9. The third kappa shape index (κ3) is 1.97. The molecule has 0 spiro atoms. The van der Waals surface area contributed by atoms with Crippen LogP contribution in [0.1, 0.15) is 6.92 Å². The Morgan fingerprint density at radius 1 is 1.29 bits per heavy atom. The number of nitrogens with zero attached hydrogens (tertiary/aromatic N) is 2. The van der Waals surface area contributed by atoms with E-state index in [4.69, 9.17) is 4.74 Å². The predicted molar refractivity (Wildman–Crippen MR) is 85.0 cm³/mol. The molecule has 1 N–H and O–H groups in total. The number of nitrogens with one attached hydrogen (secondary N) is 1. The molecule has 1 aromatic heterocycles. The van der Waals surface area contributed by atoms with Crippen molar-refractivity contribution < 1.29 is 4.74 Å². The maximum Gasteiger partial charge on any atom is 0.136 e. The summed E-state index contributed by atoms with van der Waals surface area (Å²) < 4.78 is 5.33. The molecular weight excluding hydrogens is 262 g/mol.